The van der Waals surface area contributed by atoms with E-state index in [1.54, 1.807) is 0 Å². The number of aliphatic imine (C=N–C) groups is 1. The van der Waals surface area contributed by atoms with Crippen LogP contribution in [0, 0.1) is 5.41 Å². The van der Waals surface area contributed by atoms with Crippen LogP contribution in [0.15, 0.2) is 35.3 Å². The standard InChI is InChI=1S/C21H37N5.HI/c1-17-12-19(14-26(17)13-18-10-8-7-9-11-18)24-20(22-4)23-15-21(2,3)16-25(5)6;/h7-11,17,19H,12-16H2,1-6H3,(H2,22,23,24);1H. The molecule has 27 heavy (non-hydrogen) atoms. The Labute approximate surface area is 183 Å². The highest BCUT2D eigenvalue weighted by molar-refractivity contribution is 14.0. The number of halogens is 1. The van der Waals surface area contributed by atoms with Crippen LogP contribution in [0.5, 0.6) is 0 Å². The molecule has 0 aromatic heterocycles. The number of nitrogens with zero attached hydrogens (tertiary/aromatic N) is 3. The molecular weight excluding hydrogens is 449 g/mol. The molecule has 6 heteroatoms. The van der Waals surface area contributed by atoms with E-state index in [0.29, 0.717) is 12.1 Å². The molecule has 0 bridgehead atoms. The Balaban J connectivity index is 0.00000364. The van der Waals surface area contributed by atoms with Gasteiger partial charge in [0.15, 0.2) is 5.96 Å². The first-order valence-electron chi connectivity index (χ1n) is 9.69. The van der Waals surface area contributed by atoms with Crippen molar-refractivity contribution >= 4 is 29.9 Å². The molecule has 2 rings (SSSR count). The quantitative estimate of drug-likeness (QED) is 0.353. The molecule has 2 unspecified atom stereocenters. The minimum atomic E-state index is 0. The van der Waals surface area contributed by atoms with Gasteiger partial charge in [0.1, 0.15) is 0 Å². The third-order valence-electron chi connectivity index (χ3n) is 4.98. The first-order chi connectivity index (χ1) is 12.3. The Morgan fingerprint density at radius 3 is 2.52 bits per heavy atom. The summed E-state index contributed by atoms with van der Waals surface area (Å²) < 4.78 is 0. The van der Waals surface area contributed by atoms with E-state index in [4.69, 9.17) is 0 Å². The second kappa shape index (κ2) is 11.2. The van der Waals surface area contributed by atoms with E-state index in [1.165, 1.54) is 5.56 Å². The van der Waals surface area contributed by atoms with E-state index >= 15 is 0 Å². The second-order valence-corrected chi connectivity index (χ2v) is 8.67. The van der Waals surface area contributed by atoms with Crippen LogP contribution in [-0.4, -0.2) is 68.6 Å². The van der Waals surface area contributed by atoms with Gasteiger partial charge in [-0.25, -0.2) is 0 Å². The number of rotatable bonds is 7. The maximum atomic E-state index is 4.43. The van der Waals surface area contributed by atoms with Crippen LogP contribution in [-0.2, 0) is 6.54 Å². The molecule has 1 aromatic rings. The van der Waals surface area contributed by atoms with Crippen LogP contribution >= 0.6 is 24.0 Å². The molecular formula is C21H38IN5. The average molecular weight is 487 g/mol. The predicted molar refractivity (Wildman–Crippen MR) is 127 cm³/mol. The number of hydrogen-bond donors (Lipinski definition) is 2. The minimum absolute atomic E-state index is 0. The van der Waals surface area contributed by atoms with Crippen LogP contribution in [0.3, 0.4) is 0 Å². The van der Waals surface area contributed by atoms with Crippen LogP contribution in [0.4, 0.5) is 0 Å². The van der Waals surface area contributed by atoms with Crippen molar-refractivity contribution in [3.63, 3.8) is 0 Å². The van der Waals surface area contributed by atoms with E-state index < -0.39 is 0 Å². The number of guanidine groups is 1. The van der Waals surface area contributed by atoms with Crippen molar-refractivity contribution in [2.75, 3.05) is 40.8 Å². The summed E-state index contributed by atoms with van der Waals surface area (Å²) in [5, 5.41) is 7.14. The van der Waals surface area contributed by atoms with Crippen molar-refractivity contribution in [3.05, 3.63) is 35.9 Å². The SMILES string of the molecule is CN=C(NCC(C)(C)CN(C)C)NC1CC(C)N(Cc2ccccc2)C1.I. The summed E-state index contributed by atoms with van der Waals surface area (Å²) in [5.74, 6) is 0.913. The molecule has 2 atom stereocenters. The van der Waals surface area contributed by atoms with Gasteiger partial charge in [0.25, 0.3) is 0 Å². The van der Waals surface area contributed by atoms with Crippen molar-refractivity contribution in [1.82, 2.24) is 20.4 Å². The van der Waals surface area contributed by atoms with Gasteiger partial charge < -0.3 is 15.5 Å². The lowest BCUT2D eigenvalue weighted by atomic mass is 9.93. The van der Waals surface area contributed by atoms with Gasteiger partial charge in [-0.15, -0.1) is 24.0 Å². The van der Waals surface area contributed by atoms with Crippen LogP contribution in [0.2, 0.25) is 0 Å². The lowest BCUT2D eigenvalue weighted by molar-refractivity contribution is 0.240. The monoisotopic (exact) mass is 487 g/mol. The van der Waals surface area contributed by atoms with Crippen molar-refractivity contribution in [1.29, 1.82) is 0 Å². The maximum absolute atomic E-state index is 4.43. The van der Waals surface area contributed by atoms with Crippen molar-refractivity contribution < 1.29 is 0 Å². The van der Waals surface area contributed by atoms with E-state index in [1.807, 2.05) is 7.05 Å². The molecule has 0 amide bonds. The molecule has 1 aromatic carbocycles. The summed E-state index contributed by atoms with van der Waals surface area (Å²) in [6, 6.07) is 11.8. The zero-order chi connectivity index (χ0) is 19.2. The van der Waals surface area contributed by atoms with Crippen LogP contribution in [0.1, 0.15) is 32.8 Å². The molecule has 0 spiro atoms. The minimum Gasteiger partial charge on any atom is -0.356 e. The fraction of sp³-hybridized carbons (Fsp3) is 0.667. The first-order valence-corrected chi connectivity index (χ1v) is 9.69. The molecule has 0 aliphatic carbocycles. The van der Waals surface area contributed by atoms with E-state index in [0.717, 1.165) is 38.6 Å². The summed E-state index contributed by atoms with van der Waals surface area (Å²) in [5.41, 5.74) is 1.58. The normalized spacial score (nSPS) is 21.2. The molecule has 1 aliphatic rings. The molecule has 0 radical (unpaired) electrons. The highest BCUT2D eigenvalue weighted by Crippen LogP contribution is 2.20. The fourth-order valence-corrected chi connectivity index (χ4v) is 3.86. The van der Waals surface area contributed by atoms with Crippen LogP contribution < -0.4 is 10.6 Å². The summed E-state index contributed by atoms with van der Waals surface area (Å²) in [7, 11) is 6.10. The zero-order valence-electron chi connectivity index (χ0n) is 17.8. The lowest BCUT2D eigenvalue weighted by Crippen LogP contribution is -2.48. The molecule has 1 saturated heterocycles. The smallest absolute Gasteiger partial charge is 0.191 e. The van der Waals surface area contributed by atoms with Gasteiger partial charge in [-0.05, 0) is 38.4 Å². The highest BCUT2D eigenvalue weighted by atomic mass is 127. The summed E-state index contributed by atoms with van der Waals surface area (Å²) in [4.78, 5) is 9.22. The number of benzene rings is 1. The molecule has 1 fully saturated rings. The fourth-order valence-electron chi connectivity index (χ4n) is 3.86. The molecule has 1 aliphatic heterocycles. The number of likely N-dealkylation sites (tertiary alicyclic amines) is 1. The van der Waals surface area contributed by atoms with Gasteiger partial charge in [0.2, 0.25) is 0 Å². The molecule has 0 saturated carbocycles. The Kier molecular flexibility index (Phi) is 10.0. The summed E-state index contributed by atoms with van der Waals surface area (Å²) in [6.07, 6.45) is 1.15. The lowest BCUT2D eigenvalue weighted by Gasteiger charge is -2.29. The Morgan fingerprint density at radius 1 is 1.26 bits per heavy atom. The third kappa shape index (κ3) is 8.35. The van der Waals surface area contributed by atoms with Gasteiger partial charge in [0, 0.05) is 45.3 Å². The van der Waals surface area contributed by atoms with Gasteiger partial charge in [-0.3, -0.25) is 9.89 Å². The van der Waals surface area contributed by atoms with Gasteiger partial charge in [-0.2, -0.15) is 0 Å². The molecule has 154 valence electrons. The average Bonchev–Trinajstić information content (AvgIpc) is 2.90. The predicted octanol–water partition coefficient (Wildman–Crippen LogP) is 3.02. The van der Waals surface area contributed by atoms with Crippen molar-refractivity contribution in [2.45, 2.75) is 45.8 Å². The first kappa shape index (κ1) is 24.2. The highest BCUT2D eigenvalue weighted by Gasteiger charge is 2.29. The van der Waals surface area contributed by atoms with Crippen LogP contribution in [0.25, 0.3) is 0 Å². The zero-order valence-corrected chi connectivity index (χ0v) is 20.2. The Bertz CT molecular complexity index is 573. The van der Waals surface area contributed by atoms with Crippen molar-refractivity contribution in [3.8, 4) is 0 Å². The Hall–Kier alpha value is -0.860. The van der Waals surface area contributed by atoms with E-state index in [9.17, 15) is 0 Å². The Morgan fingerprint density at radius 2 is 1.93 bits per heavy atom. The molecule has 1 heterocycles. The maximum Gasteiger partial charge on any atom is 0.191 e. The van der Waals surface area contributed by atoms with Gasteiger partial charge in [-0.1, -0.05) is 44.2 Å². The number of nitrogens with one attached hydrogen (secondary N) is 2. The largest absolute Gasteiger partial charge is 0.356 e. The second-order valence-electron chi connectivity index (χ2n) is 8.67. The van der Waals surface area contributed by atoms with E-state index in [2.05, 4.69) is 90.6 Å². The van der Waals surface area contributed by atoms with E-state index in [-0.39, 0.29) is 29.4 Å². The molecule has 5 nitrogen and oxygen atoms in total. The summed E-state index contributed by atoms with van der Waals surface area (Å²) >= 11 is 0. The topological polar surface area (TPSA) is 42.9 Å². The number of hydrogen-bond acceptors (Lipinski definition) is 3. The van der Waals surface area contributed by atoms with Gasteiger partial charge in [0.05, 0.1) is 0 Å². The van der Waals surface area contributed by atoms with Gasteiger partial charge >= 0.3 is 0 Å². The summed E-state index contributed by atoms with van der Waals surface area (Å²) in [6.45, 7) is 10.9. The molecule has 2 N–H and O–H groups in total. The van der Waals surface area contributed by atoms with Crippen molar-refractivity contribution in [2.24, 2.45) is 10.4 Å². The third-order valence-corrected chi connectivity index (χ3v) is 4.98.